The summed E-state index contributed by atoms with van der Waals surface area (Å²) in [5, 5.41) is 0.211. The number of halogens is 1. The predicted octanol–water partition coefficient (Wildman–Crippen LogP) is 3.30. The van der Waals surface area contributed by atoms with E-state index in [1.54, 1.807) is 6.07 Å². The SMILES string of the molecule is O=CC(=O)c1ccc(OCc2ccccc2)cc1Cl. The summed E-state index contributed by atoms with van der Waals surface area (Å²) in [4.78, 5) is 21.6. The van der Waals surface area contributed by atoms with E-state index in [2.05, 4.69) is 0 Å². The van der Waals surface area contributed by atoms with Crippen molar-refractivity contribution in [3.8, 4) is 5.75 Å². The first kappa shape index (κ1) is 13.3. The van der Waals surface area contributed by atoms with Crippen LogP contribution in [0.5, 0.6) is 5.75 Å². The second-order valence-electron chi connectivity index (χ2n) is 3.90. The Kier molecular flexibility index (Phi) is 4.31. The molecule has 0 fully saturated rings. The van der Waals surface area contributed by atoms with Crippen molar-refractivity contribution in [2.24, 2.45) is 0 Å². The maximum absolute atomic E-state index is 11.2. The van der Waals surface area contributed by atoms with E-state index in [4.69, 9.17) is 16.3 Å². The van der Waals surface area contributed by atoms with E-state index < -0.39 is 5.78 Å². The summed E-state index contributed by atoms with van der Waals surface area (Å²) in [6.45, 7) is 0.415. The highest BCUT2D eigenvalue weighted by molar-refractivity contribution is 6.41. The van der Waals surface area contributed by atoms with Crippen molar-refractivity contribution in [1.82, 2.24) is 0 Å². The summed E-state index contributed by atoms with van der Waals surface area (Å²) < 4.78 is 5.56. The van der Waals surface area contributed by atoms with Gasteiger partial charge in [0.05, 0.1) is 5.02 Å². The predicted molar refractivity (Wildman–Crippen MR) is 72.6 cm³/mol. The van der Waals surface area contributed by atoms with Crippen molar-refractivity contribution in [2.45, 2.75) is 6.61 Å². The lowest BCUT2D eigenvalue weighted by Gasteiger charge is -2.07. The summed E-state index contributed by atoms with van der Waals surface area (Å²) in [5.41, 5.74) is 1.22. The Balaban J connectivity index is 2.08. The van der Waals surface area contributed by atoms with Gasteiger partial charge in [0.25, 0.3) is 0 Å². The van der Waals surface area contributed by atoms with Gasteiger partial charge < -0.3 is 4.74 Å². The van der Waals surface area contributed by atoms with Crippen molar-refractivity contribution < 1.29 is 14.3 Å². The van der Waals surface area contributed by atoms with Crippen LogP contribution in [0, 0.1) is 0 Å². The van der Waals surface area contributed by atoms with Crippen molar-refractivity contribution >= 4 is 23.7 Å². The van der Waals surface area contributed by atoms with Crippen molar-refractivity contribution in [3.05, 3.63) is 64.7 Å². The van der Waals surface area contributed by atoms with Crippen molar-refractivity contribution in [2.75, 3.05) is 0 Å². The highest BCUT2D eigenvalue weighted by Crippen LogP contribution is 2.23. The van der Waals surface area contributed by atoms with Gasteiger partial charge in [-0.2, -0.15) is 0 Å². The molecular weight excluding hydrogens is 264 g/mol. The van der Waals surface area contributed by atoms with E-state index in [9.17, 15) is 9.59 Å². The summed E-state index contributed by atoms with van der Waals surface area (Å²) in [6.07, 6.45) is 0.242. The number of carbonyl (C=O) groups is 2. The van der Waals surface area contributed by atoms with Gasteiger partial charge in [-0.05, 0) is 23.8 Å². The monoisotopic (exact) mass is 274 g/mol. The van der Waals surface area contributed by atoms with Crippen LogP contribution in [-0.4, -0.2) is 12.1 Å². The lowest BCUT2D eigenvalue weighted by molar-refractivity contribution is -0.104. The van der Waals surface area contributed by atoms with Gasteiger partial charge in [0, 0.05) is 5.56 Å². The van der Waals surface area contributed by atoms with Gasteiger partial charge in [-0.3, -0.25) is 9.59 Å². The molecular formula is C15H11ClO3. The van der Waals surface area contributed by atoms with Crippen LogP contribution in [0.2, 0.25) is 5.02 Å². The van der Waals surface area contributed by atoms with Crippen LogP contribution in [0.1, 0.15) is 15.9 Å². The van der Waals surface area contributed by atoms with Crippen LogP contribution >= 0.6 is 11.6 Å². The average Bonchev–Trinajstić information content (AvgIpc) is 2.45. The maximum atomic E-state index is 11.2. The second-order valence-corrected chi connectivity index (χ2v) is 4.31. The summed E-state index contributed by atoms with van der Waals surface area (Å²) in [5.74, 6) is -0.0871. The maximum Gasteiger partial charge on any atom is 0.226 e. The zero-order valence-electron chi connectivity index (χ0n) is 10.0. The fourth-order valence-electron chi connectivity index (χ4n) is 1.59. The number of rotatable bonds is 5. The van der Waals surface area contributed by atoms with Gasteiger partial charge in [-0.15, -0.1) is 0 Å². The highest BCUT2D eigenvalue weighted by Gasteiger charge is 2.10. The number of Topliss-reactive ketones (excluding diaryl/α,β-unsaturated/α-hetero) is 1. The zero-order chi connectivity index (χ0) is 13.7. The van der Waals surface area contributed by atoms with Crippen molar-refractivity contribution in [1.29, 1.82) is 0 Å². The molecule has 0 saturated heterocycles. The number of benzene rings is 2. The molecule has 96 valence electrons. The fraction of sp³-hybridized carbons (Fsp3) is 0.0667. The summed E-state index contributed by atoms with van der Waals surface area (Å²) in [7, 11) is 0. The van der Waals surface area contributed by atoms with E-state index in [0.29, 0.717) is 12.4 Å². The molecule has 0 aliphatic heterocycles. The Morgan fingerprint density at radius 2 is 1.89 bits per heavy atom. The molecule has 0 unspecified atom stereocenters. The molecule has 0 aliphatic carbocycles. The average molecular weight is 275 g/mol. The molecule has 0 aliphatic rings. The van der Waals surface area contributed by atoms with E-state index in [1.165, 1.54) is 12.1 Å². The molecule has 0 aromatic heterocycles. The minimum atomic E-state index is -0.639. The lowest BCUT2D eigenvalue weighted by atomic mass is 10.1. The topological polar surface area (TPSA) is 43.4 Å². The number of hydrogen-bond acceptors (Lipinski definition) is 3. The van der Waals surface area contributed by atoms with Gasteiger partial charge in [-0.25, -0.2) is 0 Å². The van der Waals surface area contributed by atoms with Gasteiger partial charge in [0.15, 0.2) is 6.29 Å². The first-order chi connectivity index (χ1) is 9.20. The Labute approximate surface area is 115 Å². The van der Waals surface area contributed by atoms with Crippen LogP contribution in [0.4, 0.5) is 0 Å². The van der Waals surface area contributed by atoms with Crippen LogP contribution in [0.15, 0.2) is 48.5 Å². The number of hydrogen-bond donors (Lipinski definition) is 0. The van der Waals surface area contributed by atoms with Crippen LogP contribution in [0.3, 0.4) is 0 Å². The lowest BCUT2D eigenvalue weighted by Crippen LogP contribution is -2.01. The summed E-state index contributed by atoms with van der Waals surface area (Å²) in [6, 6.07) is 14.3. The van der Waals surface area contributed by atoms with Gasteiger partial charge in [0.1, 0.15) is 12.4 Å². The first-order valence-corrected chi connectivity index (χ1v) is 6.04. The standard InChI is InChI=1S/C15H11ClO3/c16-14-8-12(6-7-13(14)15(18)9-17)19-10-11-4-2-1-3-5-11/h1-9H,10H2. The van der Waals surface area contributed by atoms with Gasteiger partial charge in [0.2, 0.25) is 5.78 Å². The Hall–Kier alpha value is -2.13. The molecule has 2 aromatic rings. The fourth-order valence-corrected chi connectivity index (χ4v) is 1.85. The minimum absolute atomic E-state index is 0.184. The molecule has 0 amide bonds. The van der Waals surface area contributed by atoms with Crippen LogP contribution < -0.4 is 4.74 Å². The quantitative estimate of drug-likeness (QED) is 0.477. The van der Waals surface area contributed by atoms with E-state index in [-0.39, 0.29) is 16.9 Å². The molecule has 19 heavy (non-hydrogen) atoms. The van der Waals surface area contributed by atoms with Crippen LogP contribution in [-0.2, 0) is 11.4 Å². The second kappa shape index (κ2) is 6.16. The first-order valence-electron chi connectivity index (χ1n) is 5.66. The molecule has 0 atom stereocenters. The Bertz CT molecular complexity index is 594. The third-order valence-electron chi connectivity index (χ3n) is 2.56. The third-order valence-corrected chi connectivity index (χ3v) is 2.87. The van der Waals surface area contributed by atoms with Crippen LogP contribution in [0.25, 0.3) is 0 Å². The van der Waals surface area contributed by atoms with Crippen molar-refractivity contribution in [3.63, 3.8) is 0 Å². The molecule has 3 nitrogen and oxygen atoms in total. The third kappa shape index (κ3) is 3.42. The number of carbonyl (C=O) groups excluding carboxylic acids is 2. The van der Waals surface area contributed by atoms with Gasteiger partial charge >= 0.3 is 0 Å². The normalized spacial score (nSPS) is 9.95. The molecule has 0 spiro atoms. The van der Waals surface area contributed by atoms with E-state index in [0.717, 1.165) is 5.56 Å². The molecule has 4 heteroatoms. The Morgan fingerprint density at radius 3 is 2.53 bits per heavy atom. The number of ketones is 1. The van der Waals surface area contributed by atoms with Gasteiger partial charge in [-0.1, -0.05) is 41.9 Å². The largest absolute Gasteiger partial charge is 0.489 e. The molecule has 0 radical (unpaired) electrons. The molecule has 2 rings (SSSR count). The molecule has 2 aromatic carbocycles. The highest BCUT2D eigenvalue weighted by atomic mass is 35.5. The zero-order valence-corrected chi connectivity index (χ0v) is 10.8. The molecule has 0 saturated carbocycles. The van der Waals surface area contributed by atoms with E-state index in [1.807, 2.05) is 30.3 Å². The minimum Gasteiger partial charge on any atom is -0.489 e. The number of aldehydes is 1. The molecule has 0 N–H and O–H groups in total. The summed E-state index contributed by atoms with van der Waals surface area (Å²) >= 11 is 5.93. The molecule has 0 bridgehead atoms. The smallest absolute Gasteiger partial charge is 0.226 e. The van der Waals surface area contributed by atoms with E-state index >= 15 is 0 Å². The number of ether oxygens (including phenoxy) is 1. The Morgan fingerprint density at radius 1 is 1.16 bits per heavy atom. The molecule has 0 heterocycles.